The molecular weight excluding hydrogens is 248 g/mol. The zero-order valence-corrected chi connectivity index (χ0v) is 14.1. The standard InChI is InChI=1S/C17H32N2O/c1-8-15(13(2)3)18-16(17(4,5)6)19-11-9-10-14(19)12-20-7/h8,13-15H,1,9-12H2,2-7H3/t14-,15+/m0/s1. The maximum Gasteiger partial charge on any atom is 0.105 e. The molecule has 3 nitrogen and oxygen atoms in total. The van der Waals surface area contributed by atoms with Crippen molar-refractivity contribution in [3.05, 3.63) is 12.7 Å². The molecule has 0 unspecified atom stereocenters. The lowest BCUT2D eigenvalue weighted by Crippen LogP contribution is -2.45. The van der Waals surface area contributed by atoms with Gasteiger partial charge in [0.15, 0.2) is 0 Å². The minimum Gasteiger partial charge on any atom is -0.383 e. The summed E-state index contributed by atoms with van der Waals surface area (Å²) in [5, 5.41) is 0. The van der Waals surface area contributed by atoms with Crippen LogP contribution in [0.4, 0.5) is 0 Å². The molecule has 1 heterocycles. The molecule has 0 saturated carbocycles. The van der Waals surface area contributed by atoms with E-state index in [9.17, 15) is 0 Å². The van der Waals surface area contributed by atoms with Crippen LogP contribution in [0.25, 0.3) is 0 Å². The third kappa shape index (κ3) is 4.34. The normalized spacial score (nSPS) is 22.4. The minimum absolute atomic E-state index is 0.0481. The van der Waals surface area contributed by atoms with Crippen molar-refractivity contribution in [1.29, 1.82) is 0 Å². The van der Waals surface area contributed by atoms with Crippen LogP contribution in [0.1, 0.15) is 47.5 Å². The van der Waals surface area contributed by atoms with Crippen molar-refractivity contribution in [2.45, 2.75) is 59.5 Å². The van der Waals surface area contributed by atoms with Crippen LogP contribution in [0, 0.1) is 11.3 Å². The molecule has 2 atom stereocenters. The van der Waals surface area contributed by atoms with Gasteiger partial charge in [0.1, 0.15) is 5.84 Å². The maximum absolute atomic E-state index is 5.38. The first-order valence-corrected chi connectivity index (χ1v) is 7.77. The largest absolute Gasteiger partial charge is 0.383 e. The van der Waals surface area contributed by atoms with Gasteiger partial charge >= 0.3 is 0 Å². The number of methoxy groups -OCH3 is 1. The van der Waals surface area contributed by atoms with Crippen LogP contribution < -0.4 is 0 Å². The van der Waals surface area contributed by atoms with Gasteiger partial charge in [0.2, 0.25) is 0 Å². The predicted molar refractivity (Wildman–Crippen MR) is 87.3 cm³/mol. The number of hydrogen-bond acceptors (Lipinski definition) is 2. The fraction of sp³-hybridized carbons (Fsp3) is 0.824. The fourth-order valence-electron chi connectivity index (χ4n) is 2.79. The zero-order valence-electron chi connectivity index (χ0n) is 14.1. The lowest BCUT2D eigenvalue weighted by atomic mass is 9.92. The highest BCUT2D eigenvalue weighted by Gasteiger charge is 2.33. The number of hydrogen-bond donors (Lipinski definition) is 0. The number of aliphatic imine (C=N–C) groups is 1. The van der Waals surface area contributed by atoms with Crippen molar-refractivity contribution in [1.82, 2.24) is 4.90 Å². The van der Waals surface area contributed by atoms with Gasteiger partial charge in [0.05, 0.1) is 18.7 Å². The maximum atomic E-state index is 5.38. The Bertz CT molecular complexity index is 341. The molecule has 1 rings (SSSR count). The third-order valence-electron chi connectivity index (χ3n) is 3.87. The molecule has 0 aliphatic carbocycles. The molecule has 0 spiro atoms. The fourth-order valence-corrected chi connectivity index (χ4v) is 2.79. The van der Waals surface area contributed by atoms with Crippen molar-refractivity contribution in [2.75, 3.05) is 20.3 Å². The van der Waals surface area contributed by atoms with Gasteiger partial charge in [-0.25, -0.2) is 0 Å². The first-order chi connectivity index (χ1) is 9.31. The Morgan fingerprint density at radius 2 is 2.10 bits per heavy atom. The molecule has 0 bridgehead atoms. The van der Waals surface area contributed by atoms with Crippen LogP contribution in [0.3, 0.4) is 0 Å². The molecule has 0 aromatic rings. The molecule has 1 fully saturated rings. The molecule has 116 valence electrons. The zero-order chi connectivity index (χ0) is 15.3. The van der Waals surface area contributed by atoms with Gasteiger partial charge in [-0.3, -0.25) is 4.99 Å². The average Bonchev–Trinajstić information content (AvgIpc) is 2.76. The van der Waals surface area contributed by atoms with Crippen molar-refractivity contribution < 1.29 is 4.74 Å². The highest BCUT2D eigenvalue weighted by molar-refractivity contribution is 5.88. The molecule has 0 aromatic heterocycles. The van der Waals surface area contributed by atoms with Crippen LogP contribution >= 0.6 is 0 Å². The van der Waals surface area contributed by atoms with Gasteiger partial charge in [-0.1, -0.05) is 40.7 Å². The minimum atomic E-state index is 0.0481. The smallest absolute Gasteiger partial charge is 0.105 e. The van der Waals surface area contributed by atoms with E-state index >= 15 is 0 Å². The molecule has 0 radical (unpaired) electrons. The number of nitrogens with zero attached hydrogens (tertiary/aromatic N) is 2. The van der Waals surface area contributed by atoms with Gasteiger partial charge in [0, 0.05) is 19.1 Å². The van der Waals surface area contributed by atoms with Crippen LogP contribution in [0.15, 0.2) is 17.6 Å². The van der Waals surface area contributed by atoms with Crippen molar-refractivity contribution in [3.63, 3.8) is 0 Å². The van der Waals surface area contributed by atoms with Crippen LogP contribution in [-0.2, 0) is 4.74 Å². The van der Waals surface area contributed by atoms with Gasteiger partial charge in [-0.15, -0.1) is 6.58 Å². The Kier molecular flexibility index (Phi) is 6.25. The SMILES string of the molecule is C=C[C@@H](N=C(N1CCC[C@H]1COC)C(C)(C)C)C(C)C. The van der Waals surface area contributed by atoms with Crippen molar-refractivity contribution in [3.8, 4) is 0 Å². The number of amidine groups is 1. The second kappa shape index (κ2) is 7.26. The second-order valence-electron chi connectivity index (χ2n) is 7.12. The molecule has 1 aliphatic heterocycles. The van der Waals surface area contributed by atoms with Gasteiger partial charge < -0.3 is 9.64 Å². The lowest BCUT2D eigenvalue weighted by molar-refractivity contribution is 0.141. The van der Waals surface area contributed by atoms with Gasteiger partial charge in [-0.2, -0.15) is 0 Å². The molecule has 20 heavy (non-hydrogen) atoms. The molecule has 3 heteroatoms. The molecule has 0 amide bonds. The highest BCUT2D eigenvalue weighted by atomic mass is 16.5. The van der Waals surface area contributed by atoms with Gasteiger partial charge in [0.25, 0.3) is 0 Å². The number of rotatable bonds is 5. The Balaban J connectivity index is 3.06. The number of ether oxygens (including phenoxy) is 1. The lowest BCUT2D eigenvalue weighted by Gasteiger charge is -2.36. The Morgan fingerprint density at radius 1 is 1.45 bits per heavy atom. The summed E-state index contributed by atoms with van der Waals surface area (Å²) >= 11 is 0. The summed E-state index contributed by atoms with van der Waals surface area (Å²) in [6, 6.07) is 0.656. The molecule has 0 N–H and O–H groups in total. The molecule has 0 aromatic carbocycles. The van der Waals surface area contributed by atoms with E-state index in [0.717, 1.165) is 13.2 Å². The summed E-state index contributed by atoms with van der Waals surface area (Å²) in [6.45, 7) is 17.0. The summed E-state index contributed by atoms with van der Waals surface area (Å²) < 4.78 is 5.38. The quantitative estimate of drug-likeness (QED) is 0.435. The topological polar surface area (TPSA) is 24.8 Å². The second-order valence-corrected chi connectivity index (χ2v) is 7.12. The highest BCUT2D eigenvalue weighted by Crippen LogP contribution is 2.28. The molecule has 1 aliphatic rings. The van der Waals surface area contributed by atoms with Crippen molar-refractivity contribution >= 4 is 5.84 Å². The van der Waals surface area contributed by atoms with Crippen molar-refractivity contribution in [2.24, 2.45) is 16.3 Å². The first-order valence-electron chi connectivity index (χ1n) is 7.77. The van der Waals surface area contributed by atoms with E-state index in [1.54, 1.807) is 7.11 Å². The van der Waals surface area contributed by atoms with E-state index < -0.39 is 0 Å². The van der Waals surface area contributed by atoms with E-state index in [-0.39, 0.29) is 11.5 Å². The summed E-state index contributed by atoms with van der Waals surface area (Å²) in [5.74, 6) is 1.68. The Hall–Kier alpha value is -0.830. The van der Waals surface area contributed by atoms with E-state index in [0.29, 0.717) is 12.0 Å². The monoisotopic (exact) mass is 280 g/mol. The van der Waals surface area contributed by atoms with E-state index in [1.165, 1.54) is 18.7 Å². The first kappa shape index (κ1) is 17.2. The summed E-state index contributed by atoms with van der Waals surface area (Å²) in [5.41, 5.74) is 0.0481. The molecular formula is C17H32N2O. The summed E-state index contributed by atoms with van der Waals surface area (Å²) in [7, 11) is 1.78. The Labute approximate surface area is 125 Å². The summed E-state index contributed by atoms with van der Waals surface area (Å²) in [4.78, 5) is 7.51. The van der Waals surface area contributed by atoms with E-state index in [2.05, 4.69) is 46.1 Å². The van der Waals surface area contributed by atoms with Crippen LogP contribution in [0.5, 0.6) is 0 Å². The van der Waals surface area contributed by atoms with Crippen LogP contribution in [0.2, 0.25) is 0 Å². The number of likely N-dealkylation sites (tertiary alicyclic amines) is 1. The summed E-state index contributed by atoms with van der Waals surface area (Å²) in [6.07, 6.45) is 4.39. The van der Waals surface area contributed by atoms with E-state index in [4.69, 9.17) is 9.73 Å². The Morgan fingerprint density at radius 3 is 2.55 bits per heavy atom. The average molecular weight is 280 g/mol. The van der Waals surface area contributed by atoms with E-state index in [1.807, 2.05) is 6.08 Å². The predicted octanol–water partition coefficient (Wildman–Crippen LogP) is 3.75. The molecule has 1 saturated heterocycles. The van der Waals surface area contributed by atoms with Crippen LogP contribution in [-0.4, -0.2) is 43.1 Å². The third-order valence-corrected chi connectivity index (χ3v) is 3.87. The van der Waals surface area contributed by atoms with Gasteiger partial charge in [-0.05, 0) is 18.8 Å².